The SMILES string of the molecule is CC(C)C(C)NC(=O)C1CCC(C)C(N)C1. The molecule has 0 spiro atoms. The molecule has 0 saturated heterocycles. The summed E-state index contributed by atoms with van der Waals surface area (Å²) in [7, 11) is 0. The monoisotopic (exact) mass is 226 g/mol. The van der Waals surface area contributed by atoms with Gasteiger partial charge in [-0.05, 0) is 38.0 Å². The third-order valence-electron chi connectivity index (χ3n) is 4.00. The van der Waals surface area contributed by atoms with Gasteiger partial charge in [0.25, 0.3) is 0 Å². The molecule has 0 bridgehead atoms. The molecule has 3 nitrogen and oxygen atoms in total. The molecule has 1 aliphatic carbocycles. The van der Waals surface area contributed by atoms with Crippen molar-refractivity contribution in [3.8, 4) is 0 Å². The Bertz CT molecular complexity index is 240. The van der Waals surface area contributed by atoms with Crippen LogP contribution in [0.25, 0.3) is 0 Å². The zero-order valence-electron chi connectivity index (χ0n) is 11.0. The lowest BCUT2D eigenvalue weighted by Gasteiger charge is -2.32. The molecule has 0 radical (unpaired) electrons. The topological polar surface area (TPSA) is 55.1 Å². The Morgan fingerprint density at radius 1 is 1.31 bits per heavy atom. The first-order chi connectivity index (χ1) is 7.41. The Morgan fingerprint density at radius 2 is 1.94 bits per heavy atom. The van der Waals surface area contributed by atoms with Gasteiger partial charge in [-0.3, -0.25) is 4.79 Å². The fourth-order valence-electron chi connectivity index (χ4n) is 2.10. The molecule has 0 aromatic rings. The summed E-state index contributed by atoms with van der Waals surface area (Å²) in [6, 6.07) is 0.446. The van der Waals surface area contributed by atoms with E-state index in [0.717, 1.165) is 19.3 Å². The average Bonchev–Trinajstić information content (AvgIpc) is 2.21. The van der Waals surface area contributed by atoms with Crippen LogP contribution in [-0.4, -0.2) is 18.0 Å². The van der Waals surface area contributed by atoms with Crippen LogP contribution in [0.4, 0.5) is 0 Å². The van der Waals surface area contributed by atoms with Gasteiger partial charge in [-0.2, -0.15) is 0 Å². The van der Waals surface area contributed by atoms with Crippen molar-refractivity contribution < 1.29 is 4.79 Å². The van der Waals surface area contributed by atoms with Crippen molar-refractivity contribution in [1.82, 2.24) is 5.32 Å². The van der Waals surface area contributed by atoms with Gasteiger partial charge >= 0.3 is 0 Å². The maximum absolute atomic E-state index is 12.0. The fourth-order valence-corrected chi connectivity index (χ4v) is 2.10. The van der Waals surface area contributed by atoms with Crippen LogP contribution < -0.4 is 11.1 Å². The first kappa shape index (κ1) is 13.5. The van der Waals surface area contributed by atoms with E-state index in [0.29, 0.717) is 11.8 Å². The summed E-state index contributed by atoms with van der Waals surface area (Å²) in [6.45, 7) is 8.49. The van der Waals surface area contributed by atoms with Crippen molar-refractivity contribution in [2.24, 2.45) is 23.5 Å². The summed E-state index contributed by atoms with van der Waals surface area (Å²) in [5.74, 6) is 1.38. The molecule has 16 heavy (non-hydrogen) atoms. The number of rotatable bonds is 3. The van der Waals surface area contributed by atoms with E-state index < -0.39 is 0 Å². The van der Waals surface area contributed by atoms with Gasteiger partial charge in [-0.25, -0.2) is 0 Å². The molecule has 4 atom stereocenters. The van der Waals surface area contributed by atoms with E-state index in [9.17, 15) is 4.79 Å². The molecular formula is C13H26N2O. The molecule has 0 aromatic heterocycles. The maximum Gasteiger partial charge on any atom is 0.223 e. The van der Waals surface area contributed by atoms with Crippen LogP contribution in [0.15, 0.2) is 0 Å². The zero-order chi connectivity index (χ0) is 12.3. The van der Waals surface area contributed by atoms with E-state index in [4.69, 9.17) is 5.73 Å². The third kappa shape index (κ3) is 3.48. The van der Waals surface area contributed by atoms with E-state index in [1.54, 1.807) is 0 Å². The van der Waals surface area contributed by atoms with E-state index in [1.165, 1.54) is 0 Å². The Hall–Kier alpha value is -0.570. The second-order valence-electron chi connectivity index (χ2n) is 5.69. The Morgan fingerprint density at radius 3 is 2.44 bits per heavy atom. The van der Waals surface area contributed by atoms with Gasteiger partial charge in [0.1, 0.15) is 0 Å². The maximum atomic E-state index is 12.0. The zero-order valence-corrected chi connectivity index (χ0v) is 11.0. The number of amides is 1. The van der Waals surface area contributed by atoms with Crippen molar-refractivity contribution in [1.29, 1.82) is 0 Å². The Kier molecular flexibility index (Phi) is 4.78. The van der Waals surface area contributed by atoms with Gasteiger partial charge in [-0.1, -0.05) is 20.8 Å². The van der Waals surface area contributed by atoms with Crippen molar-refractivity contribution in [3.63, 3.8) is 0 Å². The molecule has 0 aliphatic heterocycles. The van der Waals surface area contributed by atoms with Gasteiger partial charge in [-0.15, -0.1) is 0 Å². The minimum absolute atomic E-state index is 0.132. The molecule has 1 rings (SSSR count). The summed E-state index contributed by atoms with van der Waals surface area (Å²) in [5, 5.41) is 3.09. The van der Waals surface area contributed by atoms with Crippen LogP contribution in [0.1, 0.15) is 47.0 Å². The number of carbonyl (C=O) groups is 1. The quantitative estimate of drug-likeness (QED) is 0.772. The predicted octanol–water partition coefficient (Wildman–Crippen LogP) is 1.91. The lowest BCUT2D eigenvalue weighted by molar-refractivity contribution is -0.127. The minimum atomic E-state index is 0.132. The van der Waals surface area contributed by atoms with Gasteiger partial charge in [0.15, 0.2) is 0 Å². The summed E-state index contributed by atoms with van der Waals surface area (Å²) in [4.78, 5) is 12.0. The van der Waals surface area contributed by atoms with Crippen molar-refractivity contribution >= 4 is 5.91 Å². The first-order valence-electron chi connectivity index (χ1n) is 6.47. The molecule has 0 aromatic carbocycles. The fraction of sp³-hybridized carbons (Fsp3) is 0.923. The van der Waals surface area contributed by atoms with Crippen LogP contribution in [0, 0.1) is 17.8 Å². The molecule has 0 heterocycles. The molecule has 1 aliphatic rings. The molecular weight excluding hydrogens is 200 g/mol. The van der Waals surface area contributed by atoms with Gasteiger partial charge in [0.2, 0.25) is 5.91 Å². The van der Waals surface area contributed by atoms with E-state index >= 15 is 0 Å². The summed E-state index contributed by atoms with van der Waals surface area (Å²) >= 11 is 0. The summed E-state index contributed by atoms with van der Waals surface area (Å²) in [5.41, 5.74) is 6.02. The molecule has 1 fully saturated rings. The molecule has 1 amide bonds. The second kappa shape index (κ2) is 5.67. The molecule has 3 heteroatoms. The molecule has 3 N–H and O–H groups in total. The minimum Gasteiger partial charge on any atom is -0.353 e. The van der Waals surface area contributed by atoms with Crippen LogP contribution in [0.3, 0.4) is 0 Å². The lowest BCUT2D eigenvalue weighted by Crippen LogP contribution is -2.44. The number of nitrogens with two attached hydrogens (primary N) is 1. The van der Waals surface area contributed by atoms with Crippen LogP contribution in [0.2, 0.25) is 0 Å². The van der Waals surface area contributed by atoms with Crippen LogP contribution in [-0.2, 0) is 4.79 Å². The Labute approximate surface area is 99.2 Å². The molecule has 1 saturated carbocycles. The molecule has 4 unspecified atom stereocenters. The van der Waals surface area contributed by atoms with Gasteiger partial charge < -0.3 is 11.1 Å². The number of carbonyl (C=O) groups excluding carboxylic acids is 1. The standard InChI is InChI=1S/C13H26N2O/c1-8(2)10(4)15-13(16)11-6-5-9(3)12(14)7-11/h8-12H,5-7,14H2,1-4H3,(H,15,16). The average molecular weight is 226 g/mol. The highest BCUT2D eigenvalue weighted by atomic mass is 16.1. The van der Waals surface area contributed by atoms with Gasteiger partial charge in [0.05, 0.1) is 0 Å². The van der Waals surface area contributed by atoms with Crippen molar-refractivity contribution in [3.05, 3.63) is 0 Å². The number of hydrogen-bond acceptors (Lipinski definition) is 2. The largest absolute Gasteiger partial charge is 0.353 e. The van der Waals surface area contributed by atoms with E-state index in [1.807, 2.05) is 0 Å². The van der Waals surface area contributed by atoms with Crippen LogP contribution in [0.5, 0.6) is 0 Å². The smallest absolute Gasteiger partial charge is 0.223 e. The van der Waals surface area contributed by atoms with Crippen molar-refractivity contribution in [2.45, 2.75) is 59.0 Å². The van der Waals surface area contributed by atoms with Gasteiger partial charge in [0, 0.05) is 18.0 Å². The van der Waals surface area contributed by atoms with Crippen molar-refractivity contribution in [2.75, 3.05) is 0 Å². The number of hydrogen-bond donors (Lipinski definition) is 2. The third-order valence-corrected chi connectivity index (χ3v) is 4.00. The predicted molar refractivity (Wildman–Crippen MR) is 66.9 cm³/mol. The molecule has 94 valence electrons. The Balaban J connectivity index is 2.43. The van der Waals surface area contributed by atoms with E-state index in [-0.39, 0.29) is 23.9 Å². The highest BCUT2D eigenvalue weighted by Crippen LogP contribution is 2.27. The summed E-state index contributed by atoms with van der Waals surface area (Å²) < 4.78 is 0. The van der Waals surface area contributed by atoms with E-state index in [2.05, 4.69) is 33.0 Å². The first-order valence-corrected chi connectivity index (χ1v) is 6.47. The highest BCUT2D eigenvalue weighted by Gasteiger charge is 2.30. The lowest BCUT2D eigenvalue weighted by atomic mass is 9.79. The summed E-state index contributed by atoms with van der Waals surface area (Å²) in [6.07, 6.45) is 2.92. The normalized spacial score (nSPS) is 32.5. The second-order valence-corrected chi connectivity index (χ2v) is 5.69. The highest BCUT2D eigenvalue weighted by molar-refractivity contribution is 5.79. The number of nitrogens with one attached hydrogen (secondary N) is 1. The van der Waals surface area contributed by atoms with Crippen LogP contribution >= 0.6 is 0 Å².